The van der Waals surface area contributed by atoms with Crippen LogP contribution in [0.2, 0.25) is 0 Å². The molecule has 0 aliphatic carbocycles. The topological polar surface area (TPSA) is 18.5 Å². The van der Waals surface area contributed by atoms with Gasteiger partial charge in [-0.1, -0.05) is 30.0 Å². The lowest BCUT2D eigenvalue weighted by molar-refractivity contribution is 0.402. The summed E-state index contributed by atoms with van der Waals surface area (Å²) in [5.74, 6) is 7.72. The molecule has 0 radical (unpaired) electrons. The van der Waals surface area contributed by atoms with E-state index in [2.05, 4.69) is 11.8 Å². The molecule has 90 valence electrons. The molecule has 0 aromatic heterocycles. The minimum Gasteiger partial charge on any atom is -0.497 e. The maximum Gasteiger partial charge on any atom is 0.134 e. The van der Waals surface area contributed by atoms with Crippen molar-refractivity contribution in [2.45, 2.75) is 0 Å². The predicted molar refractivity (Wildman–Crippen MR) is 72.0 cm³/mol. The fraction of sp³-hybridized carbons (Fsp3) is 0.125. The van der Waals surface area contributed by atoms with E-state index in [9.17, 15) is 0 Å². The molecule has 0 bridgehead atoms. The van der Waals surface area contributed by atoms with Gasteiger partial charge in [-0.25, -0.2) is 0 Å². The number of hydrogen-bond donors (Lipinski definition) is 0. The third-order valence-corrected chi connectivity index (χ3v) is 2.52. The second-order valence-electron chi connectivity index (χ2n) is 3.68. The number of benzene rings is 2. The van der Waals surface area contributed by atoms with E-state index >= 15 is 0 Å². The lowest BCUT2D eigenvalue weighted by atomic mass is 10.1. The van der Waals surface area contributed by atoms with Gasteiger partial charge in [0.25, 0.3) is 0 Å². The fourth-order valence-electron chi connectivity index (χ4n) is 1.57. The molecular weight excluding hydrogens is 224 g/mol. The molecule has 0 amide bonds. The Labute approximate surface area is 107 Å². The molecule has 2 aromatic carbocycles. The predicted octanol–water partition coefficient (Wildman–Crippen LogP) is 3.10. The van der Waals surface area contributed by atoms with Crippen LogP contribution >= 0.6 is 0 Å². The molecule has 0 heterocycles. The van der Waals surface area contributed by atoms with Crippen LogP contribution in [0.5, 0.6) is 11.5 Å². The normalized spacial score (nSPS) is 9.22. The average molecular weight is 238 g/mol. The molecule has 0 N–H and O–H groups in total. The molecule has 2 aromatic rings. The zero-order valence-electron chi connectivity index (χ0n) is 10.4. The molecule has 18 heavy (non-hydrogen) atoms. The molecule has 0 aliphatic rings. The maximum atomic E-state index is 5.28. The molecule has 0 spiro atoms. The van der Waals surface area contributed by atoms with Gasteiger partial charge in [0.05, 0.1) is 19.8 Å². The summed E-state index contributed by atoms with van der Waals surface area (Å²) in [5.41, 5.74) is 1.79. The summed E-state index contributed by atoms with van der Waals surface area (Å²) in [6, 6.07) is 15.4. The molecule has 2 heteroatoms. The van der Waals surface area contributed by atoms with Gasteiger partial charge < -0.3 is 9.47 Å². The maximum absolute atomic E-state index is 5.28. The van der Waals surface area contributed by atoms with Crippen molar-refractivity contribution in [2.24, 2.45) is 0 Å². The first kappa shape index (κ1) is 12.1. The Kier molecular flexibility index (Phi) is 3.88. The van der Waals surface area contributed by atoms with Crippen LogP contribution in [0.25, 0.3) is 0 Å². The Balaban J connectivity index is 2.36. The van der Waals surface area contributed by atoms with E-state index in [0.717, 1.165) is 22.6 Å². The minimum atomic E-state index is 0.749. The van der Waals surface area contributed by atoms with Gasteiger partial charge in [-0.05, 0) is 30.3 Å². The van der Waals surface area contributed by atoms with Gasteiger partial charge >= 0.3 is 0 Å². The van der Waals surface area contributed by atoms with Crippen molar-refractivity contribution in [3.63, 3.8) is 0 Å². The number of methoxy groups -OCH3 is 2. The van der Waals surface area contributed by atoms with Gasteiger partial charge in [-0.15, -0.1) is 0 Å². The second-order valence-corrected chi connectivity index (χ2v) is 3.68. The van der Waals surface area contributed by atoms with Gasteiger partial charge in [0.15, 0.2) is 0 Å². The number of hydrogen-bond acceptors (Lipinski definition) is 2. The van der Waals surface area contributed by atoms with E-state index in [1.807, 2.05) is 48.5 Å². The van der Waals surface area contributed by atoms with E-state index in [0.29, 0.717) is 0 Å². The highest BCUT2D eigenvalue weighted by molar-refractivity contribution is 5.52. The van der Waals surface area contributed by atoms with E-state index in [1.165, 1.54) is 0 Å². The Morgan fingerprint density at radius 2 is 1.61 bits per heavy atom. The van der Waals surface area contributed by atoms with E-state index in [1.54, 1.807) is 14.2 Å². The van der Waals surface area contributed by atoms with E-state index in [-0.39, 0.29) is 0 Å². The fourth-order valence-corrected chi connectivity index (χ4v) is 1.57. The lowest BCUT2D eigenvalue weighted by Crippen LogP contribution is -1.90. The summed E-state index contributed by atoms with van der Waals surface area (Å²) in [5, 5.41) is 0. The minimum absolute atomic E-state index is 0.749. The molecule has 0 aliphatic heterocycles. The van der Waals surface area contributed by atoms with E-state index in [4.69, 9.17) is 9.47 Å². The van der Waals surface area contributed by atoms with Crippen molar-refractivity contribution in [1.29, 1.82) is 0 Å². The summed E-state index contributed by atoms with van der Waals surface area (Å²) < 4.78 is 10.5. The Morgan fingerprint density at radius 1 is 0.833 bits per heavy atom. The zero-order valence-corrected chi connectivity index (χ0v) is 10.4. The summed E-state index contributed by atoms with van der Waals surface area (Å²) in [7, 11) is 3.27. The number of rotatable bonds is 2. The Hall–Kier alpha value is -2.40. The van der Waals surface area contributed by atoms with Crippen LogP contribution in [0, 0.1) is 11.8 Å². The van der Waals surface area contributed by atoms with Crippen LogP contribution in [0.4, 0.5) is 0 Å². The largest absolute Gasteiger partial charge is 0.497 e. The van der Waals surface area contributed by atoms with Crippen molar-refractivity contribution in [2.75, 3.05) is 14.2 Å². The van der Waals surface area contributed by atoms with Crippen molar-refractivity contribution < 1.29 is 9.47 Å². The molecule has 0 unspecified atom stereocenters. The molecule has 0 fully saturated rings. The first-order chi connectivity index (χ1) is 8.83. The first-order valence-corrected chi connectivity index (χ1v) is 5.62. The van der Waals surface area contributed by atoms with Gasteiger partial charge in [-0.3, -0.25) is 0 Å². The molecule has 0 saturated heterocycles. The van der Waals surface area contributed by atoms with Crippen LogP contribution in [0.1, 0.15) is 11.1 Å². The van der Waals surface area contributed by atoms with Gasteiger partial charge in [0.2, 0.25) is 0 Å². The summed E-state index contributed by atoms with van der Waals surface area (Å²) >= 11 is 0. The zero-order chi connectivity index (χ0) is 12.8. The average Bonchev–Trinajstić information content (AvgIpc) is 2.45. The monoisotopic (exact) mass is 238 g/mol. The first-order valence-electron chi connectivity index (χ1n) is 5.62. The molecule has 0 atom stereocenters. The highest BCUT2D eigenvalue weighted by Gasteiger charge is 2.01. The Bertz CT molecular complexity index is 577. The van der Waals surface area contributed by atoms with Crippen LogP contribution in [0.15, 0.2) is 48.5 Å². The third kappa shape index (κ3) is 2.83. The quantitative estimate of drug-likeness (QED) is 0.748. The summed E-state index contributed by atoms with van der Waals surface area (Å²) in [6.07, 6.45) is 0. The van der Waals surface area contributed by atoms with Gasteiger partial charge in [0, 0.05) is 5.56 Å². The molecule has 2 nitrogen and oxygen atoms in total. The third-order valence-electron chi connectivity index (χ3n) is 2.52. The Morgan fingerprint density at radius 3 is 2.28 bits per heavy atom. The highest BCUT2D eigenvalue weighted by atomic mass is 16.5. The van der Waals surface area contributed by atoms with Crippen molar-refractivity contribution in [3.8, 4) is 23.3 Å². The molecule has 0 saturated carbocycles. The highest BCUT2D eigenvalue weighted by Crippen LogP contribution is 2.22. The molecular formula is C16H14O2. The van der Waals surface area contributed by atoms with Crippen LogP contribution < -0.4 is 9.47 Å². The van der Waals surface area contributed by atoms with Crippen LogP contribution in [0.3, 0.4) is 0 Å². The van der Waals surface area contributed by atoms with Crippen molar-refractivity contribution in [3.05, 3.63) is 59.7 Å². The number of ether oxygens (including phenoxy) is 2. The summed E-state index contributed by atoms with van der Waals surface area (Å²) in [6.45, 7) is 0. The summed E-state index contributed by atoms with van der Waals surface area (Å²) in [4.78, 5) is 0. The van der Waals surface area contributed by atoms with E-state index < -0.39 is 0 Å². The van der Waals surface area contributed by atoms with Crippen molar-refractivity contribution in [1.82, 2.24) is 0 Å². The SMILES string of the molecule is COc1ccc(OC)c(C#Cc2ccccc2)c1. The molecule has 2 rings (SSSR count). The standard InChI is InChI=1S/C16H14O2/c1-17-15-10-11-16(18-2)14(12-15)9-8-13-6-4-3-5-7-13/h3-7,10-12H,1-2H3. The van der Waals surface area contributed by atoms with Crippen LogP contribution in [-0.4, -0.2) is 14.2 Å². The van der Waals surface area contributed by atoms with Gasteiger partial charge in [-0.2, -0.15) is 0 Å². The smallest absolute Gasteiger partial charge is 0.134 e. The van der Waals surface area contributed by atoms with Crippen molar-refractivity contribution >= 4 is 0 Å². The lowest BCUT2D eigenvalue weighted by Gasteiger charge is -2.05. The second kappa shape index (κ2) is 5.79. The van der Waals surface area contributed by atoms with Gasteiger partial charge in [0.1, 0.15) is 11.5 Å². The van der Waals surface area contributed by atoms with Crippen LogP contribution in [-0.2, 0) is 0 Å².